The van der Waals surface area contributed by atoms with Gasteiger partial charge in [-0.05, 0) is 57.0 Å². The molecule has 1 atom stereocenters. The molecule has 134 valence electrons. The smallest absolute Gasteiger partial charge is 0.261 e. The van der Waals surface area contributed by atoms with Crippen molar-refractivity contribution < 1.29 is 13.2 Å². The van der Waals surface area contributed by atoms with E-state index < -0.39 is 10.0 Å². The van der Waals surface area contributed by atoms with E-state index in [1.54, 1.807) is 49.4 Å². The lowest BCUT2D eigenvalue weighted by Crippen LogP contribution is -2.32. The molecule has 0 fully saturated rings. The predicted molar refractivity (Wildman–Crippen MR) is 100 cm³/mol. The van der Waals surface area contributed by atoms with E-state index in [0.717, 1.165) is 12.0 Å². The number of rotatable bonds is 6. The van der Waals surface area contributed by atoms with Crippen molar-refractivity contribution in [1.82, 2.24) is 5.32 Å². The highest BCUT2D eigenvalue weighted by atomic mass is 32.2. The summed E-state index contributed by atoms with van der Waals surface area (Å²) in [6.07, 6.45) is 0.824. The molecule has 2 N–H and O–H groups in total. The maximum absolute atomic E-state index is 12.6. The predicted octanol–water partition coefficient (Wildman–Crippen LogP) is 3.63. The number of nitrogens with one attached hydrogen (secondary N) is 2. The van der Waals surface area contributed by atoms with E-state index in [4.69, 9.17) is 0 Å². The van der Waals surface area contributed by atoms with Crippen molar-refractivity contribution >= 4 is 21.6 Å². The fourth-order valence-corrected chi connectivity index (χ4v) is 3.44. The third-order valence-corrected chi connectivity index (χ3v) is 5.53. The molecular formula is C19H24N2O3S. The van der Waals surface area contributed by atoms with E-state index in [1.165, 1.54) is 0 Å². The number of amides is 1. The van der Waals surface area contributed by atoms with Gasteiger partial charge in [-0.1, -0.05) is 30.7 Å². The van der Waals surface area contributed by atoms with Crippen molar-refractivity contribution in [1.29, 1.82) is 0 Å². The molecule has 5 nitrogen and oxygen atoms in total. The fraction of sp³-hybridized carbons (Fsp3) is 0.316. The molecule has 6 heteroatoms. The highest BCUT2D eigenvalue weighted by Crippen LogP contribution is 2.23. The van der Waals surface area contributed by atoms with Crippen LogP contribution in [0.3, 0.4) is 0 Å². The average Bonchev–Trinajstić information content (AvgIpc) is 2.56. The van der Waals surface area contributed by atoms with Gasteiger partial charge in [0.2, 0.25) is 0 Å². The minimum atomic E-state index is -3.70. The summed E-state index contributed by atoms with van der Waals surface area (Å²) in [4.78, 5) is 12.6. The number of hydrogen-bond donors (Lipinski definition) is 2. The molecule has 0 radical (unpaired) electrons. The Kier molecular flexibility index (Phi) is 5.85. The first-order chi connectivity index (χ1) is 11.7. The number of hydrogen-bond acceptors (Lipinski definition) is 3. The summed E-state index contributed by atoms with van der Waals surface area (Å²) in [5, 5.41) is 2.90. The third-order valence-electron chi connectivity index (χ3n) is 4.14. The van der Waals surface area contributed by atoms with Gasteiger partial charge in [-0.15, -0.1) is 0 Å². The van der Waals surface area contributed by atoms with Crippen molar-refractivity contribution in [3.8, 4) is 0 Å². The van der Waals surface area contributed by atoms with Crippen LogP contribution in [0.1, 0.15) is 41.8 Å². The minimum Gasteiger partial charge on any atom is -0.350 e. The van der Waals surface area contributed by atoms with Crippen LogP contribution in [0.15, 0.2) is 47.4 Å². The van der Waals surface area contributed by atoms with E-state index in [2.05, 4.69) is 10.0 Å². The average molecular weight is 360 g/mol. The van der Waals surface area contributed by atoms with Crippen LogP contribution in [0.5, 0.6) is 0 Å². The van der Waals surface area contributed by atoms with E-state index in [-0.39, 0.29) is 16.8 Å². The number of sulfonamides is 1. The summed E-state index contributed by atoms with van der Waals surface area (Å²) >= 11 is 0. The first-order valence-electron chi connectivity index (χ1n) is 8.24. The second-order valence-electron chi connectivity index (χ2n) is 6.18. The van der Waals surface area contributed by atoms with Crippen LogP contribution in [0, 0.1) is 13.8 Å². The Labute approximate surface area is 149 Å². The summed E-state index contributed by atoms with van der Waals surface area (Å²) in [5.41, 5.74) is 2.44. The molecule has 0 saturated heterocycles. The fourth-order valence-electron chi connectivity index (χ4n) is 2.32. The van der Waals surface area contributed by atoms with Gasteiger partial charge < -0.3 is 5.32 Å². The number of aryl methyl sites for hydroxylation is 1. The van der Waals surface area contributed by atoms with E-state index in [1.807, 2.05) is 20.8 Å². The molecule has 0 aromatic heterocycles. The van der Waals surface area contributed by atoms with Gasteiger partial charge in [-0.2, -0.15) is 0 Å². The van der Waals surface area contributed by atoms with Crippen LogP contribution >= 0.6 is 0 Å². The van der Waals surface area contributed by atoms with Gasteiger partial charge in [0.15, 0.2) is 0 Å². The number of anilines is 1. The quantitative estimate of drug-likeness (QED) is 0.826. The molecule has 25 heavy (non-hydrogen) atoms. The molecule has 0 saturated carbocycles. The second kappa shape index (κ2) is 7.70. The highest BCUT2D eigenvalue weighted by Gasteiger charge is 2.18. The highest BCUT2D eigenvalue weighted by molar-refractivity contribution is 7.92. The maximum Gasteiger partial charge on any atom is 0.261 e. The first-order valence-corrected chi connectivity index (χ1v) is 9.73. The van der Waals surface area contributed by atoms with Gasteiger partial charge >= 0.3 is 0 Å². The van der Waals surface area contributed by atoms with Crippen LogP contribution < -0.4 is 10.0 Å². The lowest BCUT2D eigenvalue weighted by molar-refractivity contribution is 0.0938. The van der Waals surface area contributed by atoms with Crippen LogP contribution in [0.4, 0.5) is 5.69 Å². The summed E-state index contributed by atoms with van der Waals surface area (Å²) < 4.78 is 27.7. The molecule has 0 aliphatic carbocycles. The van der Waals surface area contributed by atoms with E-state index >= 15 is 0 Å². The van der Waals surface area contributed by atoms with Crippen molar-refractivity contribution in [3.05, 3.63) is 59.2 Å². The first kappa shape index (κ1) is 19.0. The van der Waals surface area contributed by atoms with Gasteiger partial charge in [0.1, 0.15) is 0 Å². The Bertz CT molecular complexity index is 859. The van der Waals surface area contributed by atoms with Crippen molar-refractivity contribution in [2.24, 2.45) is 0 Å². The zero-order valence-corrected chi connectivity index (χ0v) is 15.8. The molecular weight excluding hydrogens is 336 g/mol. The zero-order chi connectivity index (χ0) is 18.6. The van der Waals surface area contributed by atoms with E-state index in [0.29, 0.717) is 16.8 Å². The van der Waals surface area contributed by atoms with Crippen LogP contribution in [0.25, 0.3) is 0 Å². The summed E-state index contributed by atoms with van der Waals surface area (Å²) in [6.45, 7) is 7.55. The second-order valence-corrected chi connectivity index (χ2v) is 7.86. The maximum atomic E-state index is 12.6. The molecule has 0 spiro atoms. The molecule has 0 heterocycles. The molecule has 1 amide bonds. The molecule has 0 aliphatic heterocycles. The molecule has 0 bridgehead atoms. The Balaban J connectivity index is 2.30. The van der Waals surface area contributed by atoms with Gasteiger partial charge in [0.25, 0.3) is 15.9 Å². The zero-order valence-electron chi connectivity index (χ0n) is 15.0. The summed E-state index contributed by atoms with van der Waals surface area (Å²) in [7, 11) is -3.70. The monoisotopic (exact) mass is 360 g/mol. The standard InChI is InChI=1S/C19H24N2O3S/c1-5-14(3)20-19(22)17-7-6-8-18(15(17)4)21-25(23,24)16-11-9-13(2)10-12-16/h6-12,14,21H,5H2,1-4H3,(H,20,22)/t14-/m0/s1. The Morgan fingerprint density at radius 2 is 1.72 bits per heavy atom. The number of carbonyl (C=O) groups excluding carboxylic acids is 1. The van der Waals surface area contributed by atoms with E-state index in [9.17, 15) is 13.2 Å². The van der Waals surface area contributed by atoms with Crippen molar-refractivity contribution in [2.75, 3.05) is 4.72 Å². The molecule has 0 unspecified atom stereocenters. The minimum absolute atomic E-state index is 0.0554. The SMILES string of the molecule is CC[C@H](C)NC(=O)c1cccc(NS(=O)(=O)c2ccc(C)cc2)c1C. The Hall–Kier alpha value is -2.34. The summed E-state index contributed by atoms with van der Waals surface area (Å²) in [6, 6.07) is 11.7. The van der Waals surface area contributed by atoms with Crippen LogP contribution in [-0.4, -0.2) is 20.4 Å². The number of benzene rings is 2. The molecule has 2 aromatic carbocycles. The molecule has 0 aliphatic rings. The van der Waals surface area contributed by atoms with Crippen LogP contribution in [-0.2, 0) is 10.0 Å². The lowest BCUT2D eigenvalue weighted by Gasteiger charge is -2.16. The Morgan fingerprint density at radius 1 is 1.08 bits per heavy atom. The Morgan fingerprint density at radius 3 is 2.32 bits per heavy atom. The topological polar surface area (TPSA) is 75.3 Å². The molecule has 2 aromatic rings. The number of carbonyl (C=O) groups is 1. The van der Waals surface area contributed by atoms with Crippen molar-refractivity contribution in [2.45, 2.75) is 45.1 Å². The van der Waals surface area contributed by atoms with Gasteiger partial charge in [-0.3, -0.25) is 9.52 Å². The normalized spacial score (nSPS) is 12.5. The van der Waals surface area contributed by atoms with Crippen molar-refractivity contribution in [3.63, 3.8) is 0 Å². The van der Waals surface area contributed by atoms with Gasteiger partial charge in [0, 0.05) is 11.6 Å². The lowest BCUT2D eigenvalue weighted by atomic mass is 10.1. The van der Waals surface area contributed by atoms with Crippen LogP contribution in [0.2, 0.25) is 0 Å². The largest absolute Gasteiger partial charge is 0.350 e. The van der Waals surface area contributed by atoms with Gasteiger partial charge in [-0.25, -0.2) is 8.42 Å². The third kappa shape index (κ3) is 4.60. The molecule has 2 rings (SSSR count). The summed E-state index contributed by atoms with van der Waals surface area (Å²) in [5.74, 6) is -0.205. The van der Waals surface area contributed by atoms with Gasteiger partial charge in [0.05, 0.1) is 10.6 Å².